The van der Waals surface area contributed by atoms with E-state index in [1.54, 1.807) is 7.11 Å². The fourth-order valence-corrected chi connectivity index (χ4v) is 2.62. The number of nitrogens with zero attached hydrogens (tertiary/aromatic N) is 1. The lowest BCUT2D eigenvalue weighted by Crippen LogP contribution is -2.47. The van der Waals surface area contributed by atoms with Crippen molar-refractivity contribution in [3.8, 4) is 0 Å². The zero-order valence-corrected chi connectivity index (χ0v) is 14.2. The Bertz CT molecular complexity index is 302. The topological polar surface area (TPSA) is 53.6 Å². The van der Waals surface area contributed by atoms with Gasteiger partial charge in [0, 0.05) is 32.3 Å². The number of carbonyl (C=O) groups excluding carboxylic acids is 1. The Kier molecular flexibility index (Phi) is 8.22. The molecule has 0 bridgehead atoms. The van der Waals surface area contributed by atoms with Gasteiger partial charge in [-0.15, -0.1) is 0 Å². The standard InChI is InChI=1S/C16H33N3O2/c1-16(2,3)18-11-14-7-5-9-19(12-14)13-15(20)17-8-6-10-21-4/h14,18H,5-13H2,1-4H3,(H,17,20). The number of ether oxygens (including phenoxy) is 1. The summed E-state index contributed by atoms with van der Waals surface area (Å²) in [6, 6.07) is 0. The van der Waals surface area contributed by atoms with Crippen molar-refractivity contribution in [2.45, 2.75) is 45.6 Å². The van der Waals surface area contributed by atoms with Crippen molar-refractivity contribution in [3.63, 3.8) is 0 Å². The van der Waals surface area contributed by atoms with E-state index in [0.29, 0.717) is 25.6 Å². The number of methoxy groups -OCH3 is 1. The number of nitrogens with one attached hydrogen (secondary N) is 2. The number of amides is 1. The molecule has 0 aromatic carbocycles. The third-order valence-electron chi connectivity index (χ3n) is 3.74. The molecular weight excluding hydrogens is 266 g/mol. The van der Waals surface area contributed by atoms with Gasteiger partial charge in [-0.05, 0) is 59.0 Å². The molecule has 1 aliphatic heterocycles. The summed E-state index contributed by atoms with van der Waals surface area (Å²) in [4.78, 5) is 14.2. The highest BCUT2D eigenvalue weighted by atomic mass is 16.5. The van der Waals surface area contributed by atoms with Crippen LogP contribution in [0.25, 0.3) is 0 Å². The fourth-order valence-electron chi connectivity index (χ4n) is 2.62. The van der Waals surface area contributed by atoms with Crippen LogP contribution < -0.4 is 10.6 Å². The normalized spacial score (nSPS) is 20.5. The Hall–Kier alpha value is -0.650. The van der Waals surface area contributed by atoms with Crippen molar-refractivity contribution in [1.82, 2.24) is 15.5 Å². The molecule has 5 nitrogen and oxygen atoms in total. The molecule has 0 saturated carbocycles. The van der Waals surface area contributed by atoms with Gasteiger partial charge in [0.2, 0.25) is 5.91 Å². The van der Waals surface area contributed by atoms with Gasteiger partial charge in [0.15, 0.2) is 0 Å². The van der Waals surface area contributed by atoms with Crippen LogP contribution >= 0.6 is 0 Å². The van der Waals surface area contributed by atoms with Crippen LogP contribution in [0.3, 0.4) is 0 Å². The van der Waals surface area contributed by atoms with Crippen molar-refractivity contribution in [2.75, 3.05) is 46.4 Å². The van der Waals surface area contributed by atoms with Crippen LogP contribution in [0.5, 0.6) is 0 Å². The van der Waals surface area contributed by atoms with E-state index in [-0.39, 0.29) is 11.4 Å². The average molecular weight is 299 g/mol. The molecule has 21 heavy (non-hydrogen) atoms. The number of carbonyl (C=O) groups is 1. The summed E-state index contributed by atoms with van der Waals surface area (Å²) in [7, 11) is 1.68. The Morgan fingerprint density at radius 2 is 2.14 bits per heavy atom. The molecule has 124 valence electrons. The molecule has 1 aliphatic rings. The van der Waals surface area contributed by atoms with Crippen molar-refractivity contribution in [2.24, 2.45) is 5.92 Å². The Balaban J connectivity index is 2.21. The van der Waals surface area contributed by atoms with Crippen LogP contribution in [0.1, 0.15) is 40.0 Å². The van der Waals surface area contributed by atoms with Gasteiger partial charge in [-0.2, -0.15) is 0 Å². The number of hydrogen-bond donors (Lipinski definition) is 2. The first-order chi connectivity index (χ1) is 9.90. The van der Waals surface area contributed by atoms with E-state index in [0.717, 1.165) is 26.1 Å². The van der Waals surface area contributed by atoms with E-state index in [1.165, 1.54) is 12.8 Å². The predicted molar refractivity (Wildman–Crippen MR) is 86.4 cm³/mol. The molecule has 1 atom stereocenters. The van der Waals surface area contributed by atoms with E-state index >= 15 is 0 Å². The molecule has 0 spiro atoms. The van der Waals surface area contributed by atoms with Gasteiger partial charge < -0.3 is 15.4 Å². The molecule has 1 heterocycles. The lowest BCUT2D eigenvalue weighted by molar-refractivity contribution is -0.122. The highest BCUT2D eigenvalue weighted by Gasteiger charge is 2.22. The second kappa shape index (κ2) is 9.38. The van der Waals surface area contributed by atoms with E-state index in [1.807, 2.05) is 0 Å². The number of rotatable bonds is 8. The van der Waals surface area contributed by atoms with Crippen LogP contribution in [0.15, 0.2) is 0 Å². The van der Waals surface area contributed by atoms with Gasteiger partial charge in [0.25, 0.3) is 0 Å². The van der Waals surface area contributed by atoms with Gasteiger partial charge in [0.1, 0.15) is 0 Å². The molecule has 0 aliphatic carbocycles. The van der Waals surface area contributed by atoms with E-state index in [2.05, 4.69) is 36.3 Å². The molecule has 2 N–H and O–H groups in total. The Labute approximate surface area is 129 Å². The average Bonchev–Trinajstić information content (AvgIpc) is 2.41. The second-order valence-corrected chi connectivity index (χ2v) is 7.07. The van der Waals surface area contributed by atoms with Gasteiger partial charge in [-0.1, -0.05) is 0 Å². The molecule has 5 heteroatoms. The lowest BCUT2D eigenvalue weighted by atomic mass is 9.96. The molecule has 1 amide bonds. The number of piperidine rings is 1. The van der Waals surface area contributed by atoms with Crippen molar-refractivity contribution < 1.29 is 9.53 Å². The Morgan fingerprint density at radius 3 is 2.81 bits per heavy atom. The quantitative estimate of drug-likeness (QED) is 0.662. The van der Waals surface area contributed by atoms with Crippen molar-refractivity contribution >= 4 is 5.91 Å². The van der Waals surface area contributed by atoms with Crippen molar-refractivity contribution in [1.29, 1.82) is 0 Å². The summed E-state index contributed by atoms with van der Waals surface area (Å²) in [6.07, 6.45) is 3.32. The SMILES string of the molecule is COCCCNC(=O)CN1CCCC(CNC(C)(C)C)C1. The zero-order chi connectivity index (χ0) is 15.7. The Morgan fingerprint density at radius 1 is 1.38 bits per heavy atom. The van der Waals surface area contributed by atoms with Crippen LogP contribution in [0.4, 0.5) is 0 Å². The third kappa shape index (κ3) is 9.06. The van der Waals surface area contributed by atoms with Crippen molar-refractivity contribution in [3.05, 3.63) is 0 Å². The van der Waals surface area contributed by atoms with Gasteiger partial charge in [-0.3, -0.25) is 9.69 Å². The molecule has 1 fully saturated rings. The summed E-state index contributed by atoms with van der Waals surface area (Å²) in [5.41, 5.74) is 0.168. The monoisotopic (exact) mass is 299 g/mol. The number of hydrogen-bond acceptors (Lipinski definition) is 4. The first-order valence-corrected chi connectivity index (χ1v) is 8.14. The predicted octanol–water partition coefficient (Wildman–Crippen LogP) is 1.24. The van der Waals surface area contributed by atoms with Gasteiger partial charge in [-0.25, -0.2) is 0 Å². The first-order valence-electron chi connectivity index (χ1n) is 8.14. The molecule has 0 aromatic rings. The van der Waals surface area contributed by atoms with Gasteiger partial charge in [0.05, 0.1) is 6.54 Å². The maximum Gasteiger partial charge on any atom is 0.234 e. The minimum absolute atomic E-state index is 0.135. The zero-order valence-electron chi connectivity index (χ0n) is 14.2. The van der Waals surface area contributed by atoms with Crippen LogP contribution in [-0.2, 0) is 9.53 Å². The highest BCUT2D eigenvalue weighted by Crippen LogP contribution is 2.16. The summed E-state index contributed by atoms with van der Waals surface area (Å²) in [5.74, 6) is 0.787. The minimum Gasteiger partial charge on any atom is -0.385 e. The summed E-state index contributed by atoms with van der Waals surface area (Å²) in [5, 5.41) is 6.53. The summed E-state index contributed by atoms with van der Waals surface area (Å²) < 4.78 is 4.97. The molecule has 0 radical (unpaired) electrons. The number of likely N-dealkylation sites (tertiary alicyclic amines) is 1. The lowest BCUT2D eigenvalue weighted by Gasteiger charge is -2.34. The minimum atomic E-state index is 0.135. The van der Waals surface area contributed by atoms with Crippen LogP contribution in [0.2, 0.25) is 0 Å². The van der Waals surface area contributed by atoms with E-state index in [9.17, 15) is 4.79 Å². The summed E-state index contributed by atoms with van der Waals surface area (Å²) >= 11 is 0. The molecule has 1 rings (SSSR count). The molecular formula is C16H33N3O2. The fraction of sp³-hybridized carbons (Fsp3) is 0.938. The van der Waals surface area contributed by atoms with Gasteiger partial charge >= 0.3 is 0 Å². The maximum absolute atomic E-state index is 11.9. The molecule has 1 unspecified atom stereocenters. The molecule has 0 aromatic heterocycles. The summed E-state index contributed by atoms with van der Waals surface area (Å²) in [6.45, 7) is 11.6. The first kappa shape index (κ1) is 18.4. The maximum atomic E-state index is 11.9. The second-order valence-electron chi connectivity index (χ2n) is 7.07. The van der Waals surface area contributed by atoms with Crippen LogP contribution in [-0.4, -0.2) is 62.8 Å². The van der Waals surface area contributed by atoms with E-state index < -0.39 is 0 Å². The smallest absolute Gasteiger partial charge is 0.234 e. The third-order valence-corrected chi connectivity index (χ3v) is 3.74. The molecule has 1 saturated heterocycles. The highest BCUT2D eigenvalue weighted by molar-refractivity contribution is 5.77. The van der Waals surface area contributed by atoms with E-state index in [4.69, 9.17) is 4.74 Å². The largest absolute Gasteiger partial charge is 0.385 e. The van der Waals surface area contributed by atoms with Crippen LogP contribution in [0, 0.1) is 5.92 Å².